The van der Waals surface area contributed by atoms with Crippen molar-refractivity contribution in [3.05, 3.63) is 87.6 Å². The number of nitrogens with zero attached hydrogens (tertiary/aromatic N) is 1. The number of carboxylic acid groups (broad SMARTS) is 1. The summed E-state index contributed by atoms with van der Waals surface area (Å²) in [7, 11) is 0. The predicted octanol–water partition coefficient (Wildman–Crippen LogP) is 6.82. The van der Waals surface area contributed by atoms with Crippen molar-refractivity contribution < 1.29 is 34.8 Å². The molecule has 0 aromatic heterocycles. The van der Waals surface area contributed by atoms with E-state index in [-0.39, 0.29) is 42.4 Å². The molecule has 10 aliphatic carbocycles. The van der Waals surface area contributed by atoms with Crippen molar-refractivity contribution in [2.24, 2.45) is 67.2 Å². The second-order valence-electron chi connectivity index (χ2n) is 22.2. The van der Waals surface area contributed by atoms with Gasteiger partial charge in [-0.2, -0.15) is 0 Å². The largest absolute Gasteiger partial charge is 0.478 e. The van der Waals surface area contributed by atoms with Gasteiger partial charge in [0.2, 0.25) is 0 Å². The molecule has 0 unspecified atom stereocenters. The van der Waals surface area contributed by atoms with Crippen LogP contribution < -0.4 is 11.5 Å². The highest BCUT2D eigenvalue weighted by atomic mass is 16.4. The summed E-state index contributed by atoms with van der Waals surface area (Å²) in [6.07, 6.45) is 17.3. The number of carboxylic acids is 1. The number of fused-ring (bicyclic) bond motifs is 3. The van der Waals surface area contributed by atoms with Gasteiger partial charge in [-0.3, -0.25) is 9.59 Å². The molecule has 1 aromatic carbocycles. The molecule has 0 aliphatic heterocycles. The van der Waals surface area contributed by atoms with Gasteiger partial charge in [0, 0.05) is 70.3 Å². The Morgan fingerprint density at radius 1 is 0.906 bits per heavy atom. The Balaban J connectivity index is 1.25. The van der Waals surface area contributed by atoms with Crippen LogP contribution in [0.1, 0.15) is 128 Å². The molecule has 0 heterocycles. The Labute approximate surface area is 376 Å². The third kappa shape index (κ3) is 4.84. The van der Waals surface area contributed by atoms with Crippen LogP contribution in [-0.4, -0.2) is 66.8 Å². The number of allylic oxidation sites excluding steroid dienone is 2. The summed E-state index contributed by atoms with van der Waals surface area (Å²) in [5.74, 6) is 3.82. The predicted molar refractivity (Wildman–Crippen MR) is 243 cm³/mol. The van der Waals surface area contributed by atoms with Gasteiger partial charge in [0.15, 0.2) is 11.7 Å². The molecule has 10 aliphatic rings. The van der Waals surface area contributed by atoms with Gasteiger partial charge < -0.3 is 31.9 Å². The molecule has 0 saturated heterocycles. The van der Waals surface area contributed by atoms with Crippen LogP contribution in [0.5, 0.6) is 0 Å². The number of benzene rings is 1. The topological polar surface area (TPSA) is 197 Å². The number of Topliss-reactive ketones (excluding diaryl/α,β-unsaturated/α-hetero) is 2. The summed E-state index contributed by atoms with van der Waals surface area (Å²) in [6.45, 7) is 5.71. The summed E-state index contributed by atoms with van der Waals surface area (Å²) in [5, 5.41) is 51.7. The summed E-state index contributed by atoms with van der Waals surface area (Å²) >= 11 is 0. The van der Waals surface area contributed by atoms with E-state index in [1.54, 1.807) is 0 Å². The average molecular weight is 866 g/mol. The van der Waals surface area contributed by atoms with Crippen LogP contribution >= 0.6 is 0 Å². The van der Waals surface area contributed by atoms with Crippen LogP contribution in [0.4, 0.5) is 0 Å². The number of aryl methyl sites for hydroxylation is 1. The smallest absolute Gasteiger partial charge is 0.331 e. The zero-order valence-corrected chi connectivity index (χ0v) is 37.5. The molecule has 8 N–H and O–H groups in total. The van der Waals surface area contributed by atoms with Crippen molar-refractivity contribution >= 4 is 29.6 Å². The van der Waals surface area contributed by atoms with Gasteiger partial charge in [-0.15, -0.1) is 11.8 Å². The third-order valence-electron chi connectivity index (χ3n) is 20.1. The van der Waals surface area contributed by atoms with E-state index >= 15 is 4.79 Å². The van der Waals surface area contributed by atoms with Crippen LogP contribution in [0.15, 0.2) is 81.4 Å². The maximum Gasteiger partial charge on any atom is 0.331 e. The standard InChI is InChI=1S/C54H63N3O7/c1-31(45(61)62)36-16-23-50(57-46(55)56)25-24-49(32(2)39(50)42(36)60)30-52(63)26-27-53(64)40(35-15-14-33-12-6-7-13-34(33)28-35)43-47(3)18-8-4-11-21-54(52)44(53)41-37(58)29-51(49,54)20-10-5-9-19-48(41,43)22-17-38(47)59/h6-7,12-13,24-28,32,39-40,42-43,60,63-64H,5,9-11,14-23,29-30H2,1-3H3,(H,61,62)(H4,55,56,57)/b36-31+/t32-,39+,40+,42-,43-,47-,48-,49-,50+,51-,52+,53-,54+/m1/s1. The van der Waals surface area contributed by atoms with Gasteiger partial charge in [0.1, 0.15) is 11.4 Å². The number of hydrogen-bond acceptors (Lipinski definition) is 7. The number of rotatable bonds is 3. The van der Waals surface area contributed by atoms with Crippen molar-refractivity contribution in [2.75, 3.05) is 0 Å². The molecule has 13 atom stereocenters. The monoisotopic (exact) mass is 865 g/mol. The molecular weight excluding hydrogens is 803 g/mol. The van der Waals surface area contributed by atoms with Gasteiger partial charge in [0.05, 0.1) is 17.2 Å². The second-order valence-corrected chi connectivity index (χ2v) is 22.2. The number of aliphatic carboxylic acids is 1. The SMILES string of the molecule is C/C(C(=O)O)=C1/CC[C@]2(N=C(N)N)C=C[C@@]3(C[C@@]4(O)C=C[C@]5(O)C6=C7C(=O)C[C@]38CCCCC[C@@]73CCC(=O)[C@@](C)(CC#CCC[C@]684)[C@H]3[C@@H]5C3=Cc4ccccc4CC3)[C@H](C)[C@H]2[C@@H]1O. The summed E-state index contributed by atoms with van der Waals surface area (Å²) in [6, 6.07) is 8.40. The van der Waals surface area contributed by atoms with Gasteiger partial charge in [-0.05, 0) is 110 Å². The first-order valence-electron chi connectivity index (χ1n) is 24.0. The lowest BCUT2D eigenvalue weighted by Crippen LogP contribution is -2.72. The third-order valence-corrected chi connectivity index (χ3v) is 20.1. The van der Waals surface area contributed by atoms with Gasteiger partial charge >= 0.3 is 5.97 Å². The number of carbonyl (C=O) groups excluding carboxylic acids is 2. The minimum atomic E-state index is -1.72. The summed E-state index contributed by atoms with van der Waals surface area (Å²) in [5.41, 5.74) is 8.60. The Hall–Kier alpha value is -4.56. The molecule has 4 spiro atoms. The van der Waals surface area contributed by atoms with Crippen LogP contribution in [0.25, 0.3) is 6.08 Å². The zero-order chi connectivity index (χ0) is 45.0. The van der Waals surface area contributed by atoms with Gasteiger partial charge in [-0.25, -0.2) is 9.79 Å². The van der Waals surface area contributed by atoms with Gasteiger partial charge in [0.25, 0.3) is 0 Å². The summed E-state index contributed by atoms with van der Waals surface area (Å²) < 4.78 is 0. The minimum absolute atomic E-state index is 0.00122. The fourth-order valence-electron chi connectivity index (χ4n) is 17.9. The Bertz CT molecular complexity index is 2590. The van der Waals surface area contributed by atoms with E-state index in [4.69, 9.17) is 16.5 Å². The maximum atomic E-state index is 16.3. The highest BCUT2D eigenvalue weighted by Crippen LogP contribution is 2.86. The maximum absolute atomic E-state index is 16.3. The lowest BCUT2D eigenvalue weighted by Gasteiger charge is -2.71. The van der Waals surface area contributed by atoms with Crippen molar-refractivity contribution in [2.45, 2.75) is 146 Å². The second kappa shape index (κ2) is 13.5. The lowest BCUT2D eigenvalue weighted by atomic mass is 9.31. The fraction of sp³-hybridized carbons (Fsp3) is 0.593. The van der Waals surface area contributed by atoms with E-state index in [1.807, 2.05) is 24.3 Å². The number of aliphatic imine (C=N–C) groups is 1. The minimum Gasteiger partial charge on any atom is -0.478 e. The molecule has 6 bridgehead atoms. The van der Waals surface area contributed by atoms with Crippen LogP contribution in [0.3, 0.4) is 0 Å². The highest BCUT2D eigenvalue weighted by Gasteiger charge is 2.85. The number of guanidine groups is 1. The van der Waals surface area contributed by atoms with Crippen molar-refractivity contribution in [3.8, 4) is 11.8 Å². The van der Waals surface area contributed by atoms with E-state index in [2.05, 4.69) is 56.0 Å². The number of hydrogen-bond donors (Lipinski definition) is 6. The molecule has 0 radical (unpaired) electrons. The highest BCUT2D eigenvalue weighted by molar-refractivity contribution is 6.02. The van der Waals surface area contributed by atoms with Crippen LogP contribution in [-0.2, 0) is 20.8 Å². The fourth-order valence-corrected chi connectivity index (χ4v) is 17.9. The van der Waals surface area contributed by atoms with Crippen molar-refractivity contribution in [1.82, 2.24) is 0 Å². The molecule has 0 amide bonds. The molecular formula is C54H63N3O7. The zero-order valence-electron chi connectivity index (χ0n) is 37.5. The van der Waals surface area contributed by atoms with E-state index in [0.717, 1.165) is 43.2 Å². The van der Waals surface area contributed by atoms with Crippen molar-refractivity contribution in [3.63, 3.8) is 0 Å². The van der Waals surface area contributed by atoms with E-state index in [1.165, 1.54) is 12.5 Å². The number of carbonyl (C=O) groups is 3. The van der Waals surface area contributed by atoms with E-state index in [0.29, 0.717) is 68.1 Å². The first-order valence-corrected chi connectivity index (χ1v) is 24.0. The number of aliphatic hydroxyl groups excluding tert-OH is 1. The molecule has 10 nitrogen and oxygen atoms in total. The molecule has 64 heavy (non-hydrogen) atoms. The molecule has 336 valence electrons. The molecule has 4 fully saturated rings. The first kappa shape index (κ1) is 42.1. The number of aliphatic hydroxyl groups is 3. The Kier molecular flexibility index (Phi) is 8.89. The molecule has 4 saturated carbocycles. The first-order chi connectivity index (χ1) is 30.4. The summed E-state index contributed by atoms with van der Waals surface area (Å²) in [4.78, 5) is 48.5. The van der Waals surface area contributed by atoms with Crippen LogP contribution in [0.2, 0.25) is 0 Å². The number of ketones is 2. The Morgan fingerprint density at radius 2 is 1.69 bits per heavy atom. The average Bonchev–Trinajstić information content (AvgIpc) is 3.42. The Morgan fingerprint density at radius 3 is 2.47 bits per heavy atom. The van der Waals surface area contributed by atoms with Gasteiger partial charge in [-0.1, -0.05) is 87.3 Å². The molecule has 1 aromatic rings. The van der Waals surface area contributed by atoms with Crippen LogP contribution in [0, 0.1) is 62.6 Å². The number of nitrogens with two attached hydrogens (primary N) is 2. The van der Waals surface area contributed by atoms with Crippen molar-refractivity contribution in [1.29, 1.82) is 0 Å². The molecule has 11 rings (SSSR count). The molecule has 10 heteroatoms. The van der Waals surface area contributed by atoms with E-state index < -0.39 is 79.6 Å². The normalized spacial score (nSPS) is 46.7. The lowest BCUT2D eigenvalue weighted by molar-refractivity contribution is -0.179. The quantitative estimate of drug-likeness (QED) is 0.0621. The van der Waals surface area contributed by atoms with E-state index in [9.17, 15) is 30.0 Å².